The average Bonchev–Trinajstić information content (AvgIpc) is 2.97. The minimum atomic E-state index is -0.152. The van der Waals surface area contributed by atoms with Gasteiger partial charge in [-0.25, -0.2) is 0 Å². The van der Waals surface area contributed by atoms with Gasteiger partial charge in [-0.1, -0.05) is 11.3 Å². The van der Waals surface area contributed by atoms with Crippen LogP contribution in [0.4, 0.5) is 5.13 Å². The lowest BCUT2D eigenvalue weighted by Gasteiger charge is -2.20. The summed E-state index contributed by atoms with van der Waals surface area (Å²) in [6.45, 7) is 1.58. The van der Waals surface area contributed by atoms with Crippen LogP contribution in [-0.4, -0.2) is 47.8 Å². The molecule has 1 fully saturated rings. The fraction of sp³-hybridized carbons (Fsp3) is 0.700. The van der Waals surface area contributed by atoms with E-state index >= 15 is 0 Å². The van der Waals surface area contributed by atoms with Gasteiger partial charge in [0.15, 0.2) is 0 Å². The van der Waals surface area contributed by atoms with Gasteiger partial charge in [0.25, 0.3) is 0 Å². The Morgan fingerprint density at radius 3 is 3.12 bits per heavy atom. The highest BCUT2D eigenvalue weighted by molar-refractivity contribution is 7.15. The zero-order valence-corrected chi connectivity index (χ0v) is 10.8. The molecule has 0 aromatic carbocycles. The normalized spacial score (nSPS) is 20.5. The number of esters is 1. The largest absolute Gasteiger partial charge is 0.468 e. The molecule has 0 amide bonds. The Balaban J connectivity index is 2.00. The maximum Gasteiger partial charge on any atom is 0.323 e. The molecule has 7 heteroatoms. The number of methoxy groups -OCH3 is 1. The Morgan fingerprint density at radius 2 is 2.47 bits per heavy atom. The molecule has 1 aromatic heterocycles. The summed E-state index contributed by atoms with van der Waals surface area (Å²) in [5.41, 5.74) is 0. The summed E-state index contributed by atoms with van der Waals surface area (Å²) in [6, 6.07) is -0.123. The van der Waals surface area contributed by atoms with Gasteiger partial charge < -0.3 is 10.1 Å². The minimum Gasteiger partial charge on any atom is -0.468 e. The standard InChI is InChI=1S/C10H16N4O2S/c1-11-10-13-12-8(17-10)6-14-5-3-4-7(14)9(15)16-2/h7H,3-6H2,1-2H3,(H,11,13). The molecule has 1 saturated heterocycles. The molecule has 17 heavy (non-hydrogen) atoms. The van der Waals surface area contributed by atoms with Crippen molar-refractivity contribution in [3.63, 3.8) is 0 Å². The first-order valence-corrected chi connectivity index (χ1v) is 6.38. The molecule has 2 heterocycles. The van der Waals surface area contributed by atoms with Gasteiger partial charge in [0, 0.05) is 7.05 Å². The number of carbonyl (C=O) groups is 1. The van der Waals surface area contributed by atoms with Gasteiger partial charge in [-0.05, 0) is 19.4 Å². The monoisotopic (exact) mass is 256 g/mol. The van der Waals surface area contributed by atoms with Crippen molar-refractivity contribution in [2.45, 2.75) is 25.4 Å². The van der Waals surface area contributed by atoms with Crippen molar-refractivity contribution < 1.29 is 9.53 Å². The Hall–Kier alpha value is -1.21. The molecule has 1 atom stereocenters. The SMILES string of the molecule is CNc1nnc(CN2CCCC2C(=O)OC)s1. The van der Waals surface area contributed by atoms with Crippen LogP contribution in [0.2, 0.25) is 0 Å². The molecule has 1 aliphatic heterocycles. The third-order valence-electron chi connectivity index (χ3n) is 2.86. The molecule has 1 N–H and O–H groups in total. The first-order valence-electron chi connectivity index (χ1n) is 5.56. The van der Waals surface area contributed by atoms with Gasteiger partial charge in [0.1, 0.15) is 11.0 Å². The second-order valence-corrected chi connectivity index (χ2v) is 4.96. The van der Waals surface area contributed by atoms with E-state index in [0.717, 1.165) is 29.5 Å². The molecular formula is C10H16N4O2S. The van der Waals surface area contributed by atoms with Gasteiger partial charge in [-0.3, -0.25) is 9.69 Å². The fourth-order valence-corrected chi connectivity index (χ4v) is 2.73. The van der Waals surface area contributed by atoms with Gasteiger partial charge in [-0.2, -0.15) is 0 Å². The first-order chi connectivity index (χ1) is 8.24. The van der Waals surface area contributed by atoms with E-state index in [1.165, 1.54) is 18.4 Å². The van der Waals surface area contributed by atoms with Crippen LogP contribution in [0.3, 0.4) is 0 Å². The lowest BCUT2D eigenvalue weighted by atomic mass is 10.2. The van der Waals surface area contributed by atoms with Crippen LogP contribution in [0.1, 0.15) is 17.8 Å². The van der Waals surface area contributed by atoms with Crippen LogP contribution < -0.4 is 5.32 Å². The molecule has 0 saturated carbocycles. The van der Waals surface area contributed by atoms with Crippen LogP contribution >= 0.6 is 11.3 Å². The second-order valence-electron chi connectivity index (χ2n) is 3.90. The molecule has 0 spiro atoms. The second kappa shape index (κ2) is 5.42. The van der Waals surface area contributed by atoms with E-state index in [0.29, 0.717) is 6.54 Å². The van der Waals surface area contributed by atoms with Gasteiger partial charge in [0.05, 0.1) is 13.7 Å². The third kappa shape index (κ3) is 2.73. The molecule has 1 unspecified atom stereocenters. The molecule has 0 bridgehead atoms. The molecule has 0 radical (unpaired) electrons. The van der Waals surface area contributed by atoms with Gasteiger partial charge >= 0.3 is 5.97 Å². The third-order valence-corrected chi connectivity index (χ3v) is 3.78. The Kier molecular flexibility index (Phi) is 3.90. The Labute approximate surface area is 104 Å². The lowest BCUT2D eigenvalue weighted by Crippen LogP contribution is -2.36. The number of aromatic nitrogens is 2. The molecule has 0 aliphatic carbocycles. The summed E-state index contributed by atoms with van der Waals surface area (Å²) in [5.74, 6) is -0.152. The zero-order chi connectivity index (χ0) is 12.3. The van der Waals surface area contributed by atoms with E-state index in [9.17, 15) is 4.79 Å². The van der Waals surface area contributed by atoms with E-state index in [2.05, 4.69) is 20.4 Å². The van der Waals surface area contributed by atoms with Crippen molar-refractivity contribution in [2.75, 3.05) is 26.0 Å². The highest BCUT2D eigenvalue weighted by Gasteiger charge is 2.31. The van der Waals surface area contributed by atoms with E-state index in [4.69, 9.17) is 4.74 Å². The number of nitrogens with zero attached hydrogens (tertiary/aromatic N) is 3. The first kappa shape index (κ1) is 12.3. The number of anilines is 1. The maximum atomic E-state index is 11.6. The van der Waals surface area contributed by atoms with Gasteiger partial charge in [0.2, 0.25) is 5.13 Å². The number of nitrogens with one attached hydrogen (secondary N) is 1. The molecule has 2 rings (SSSR count). The van der Waals surface area contributed by atoms with Crippen molar-refractivity contribution in [1.29, 1.82) is 0 Å². The average molecular weight is 256 g/mol. The fourth-order valence-electron chi connectivity index (χ4n) is 2.01. The van der Waals surface area contributed by atoms with E-state index < -0.39 is 0 Å². The highest BCUT2D eigenvalue weighted by atomic mass is 32.1. The Bertz CT molecular complexity index is 395. The van der Waals surface area contributed by atoms with Crippen LogP contribution in [0.5, 0.6) is 0 Å². The van der Waals surface area contributed by atoms with Crippen molar-refractivity contribution in [3.8, 4) is 0 Å². The summed E-state index contributed by atoms with van der Waals surface area (Å²) >= 11 is 1.51. The summed E-state index contributed by atoms with van der Waals surface area (Å²) in [7, 11) is 3.25. The van der Waals surface area contributed by atoms with Crippen LogP contribution in [0.15, 0.2) is 0 Å². The van der Waals surface area contributed by atoms with Crippen LogP contribution in [-0.2, 0) is 16.1 Å². The van der Waals surface area contributed by atoms with Crippen molar-refractivity contribution in [2.24, 2.45) is 0 Å². The molecule has 6 nitrogen and oxygen atoms in total. The number of ether oxygens (including phenoxy) is 1. The summed E-state index contributed by atoms with van der Waals surface area (Å²) in [5, 5.41) is 12.7. The topological polar surface area (TPSA) is 67.4 Å². The predicted molar refractivity (Wildman–Crippen MR) is 64.9 cm³/mol. The zero-order valence-electron chi connectivity index (χ0n) is 9.97. The summed E-state index contributed by atoms with van der Waals surface area (Å²) in [6.07, 6.45) is 1.89. The quantitative estimate of drug-likeness (QED) is 0.801. The predicted octanol–water partition coefficient (Wildman–Crippen LogP) is 0.717. The summed E-state index contributed by atoms with van der Waals surface area (Å²) in [4.78, 5) is 13.7. The van der Waals surface area contributed by atoms with E-state index in [-0.39, 0.29) is 12.0 Å². The number of likely N-dealkylation sites (tertiary alicyclic amines) is 1. The van der Waals surface area contributed by atoms with Crippen LogP contribution in [0, 0.1) is 0 Å². The van der Waals surface area contributed by atoms with E-state index in [1.54, 1.807) is 0 Å². The lowest BCUT2D eigenvalue weighted by molar-refractivity contribution is -0.146. The molecule has 1 aromatic rings. The van der Waals surface area contributed by atoms with Crippen LogP contribution in [0.25, 0.3) is 0 Å². The van der Waals surface area contributed by atoms with Gasteiger partial charge in [-0.15, -0.1) is 10.2 Å². The molecule has 94 valence electrons. The van der Waals surface area contributed by atoms with Crippen molar-refractivity contribution in [1.82, 2.24) is 15.1 Å². The minimum absolute atomic E-state index is 0.123. The number of hydrogen-bond acceptors (Lipinski definition) is 7. The van der Waals surface area contributed by atoms with Crippen molar-refractivity contribution in [3.05, 3.63) is 5.01 Å². The van der Waals surface area contributed by atoms with Crippen molar-refractivity contribution >= 4 is 22.4 Å². The molecule has 1 aliphatic rings. The maximum absolute atomic E-state index is 11.6. The highest BCUT2D eigenvalue weighted by Crippen LogP contribution is 2.23. The van der Waals surface area contributed by atoms with E-state index in [1.807, 2.05) is 7.05 Å². The smallest absolute Gasteiger partial charge is 0.323 e. The summed E-state index contributed by atoms with van der Waals surface area (Å²) < 4.78 is 4.80. The Morgan fingerprint density at radius 1 is 1.65 bits per heavy atom. The molecular weight excluding hydrogens is 240 g/mol. The number of carbonyl (C=O) groups excluding carboxylic acids is 1. The number of rotatable bonds is 4. The number of hydrogen-bond donors (Lipinski definition) is 1.